The van der Waals surface area contributed by atoms with Gasteiger partial charge in [-0.15, -0.1) is 0 Å². The lowest BCUT2D eigenvalue weighted by molar-refractivity contribution is -0.157. The Bertz CT molecular complexity index is 625. The first-order chi connectivity index (χ1) is 10.0. The van der Waals surface area contributed by atoms with Gasteiger partial charge >= 0.3 is 6.03 Å². The van der Waals surface area contributed by atoms with Gasteiger partial charge in [0.25, 0.3) is 0 Å². The van der Waals surface area contributed by atoms with Crippen LogP contribution in [0.2, 0.25) is 0 Å². The number of barbiturate groups is 1. The number of imide groups is 2. The molecule has 2 fully saturated rings. The zero-order valence-electron chi connectivity index (χ0n) is 11.4. The lowest BCUT2D eigenvalue weighted by Gasteiger charge is -2.44. The average Bonchev–Trinajstić information content (AvgIpc) is 2.36. The van der Waals surface area contributed by atoms with Crippen LogP contribution in [0.5, 0.6) is 0 Å². The number of hydrogen-bond acceptors (Lipinski definition) is 3. The van der Waals surface area contributed by atoms with E-state index < -0.39 is 23.3 Å². The largest absolute Gasteiger partial charge is 0.330 e. The summed E-state index contributed by atoms with van der Waals surface area (Å²) in [6.07, 6.45) is 2.15. The maximum absolute atomic E-state index is 13.1. The van der Waals surface area contributed by atoms with E-state index in [4.69, 9.17) is 0 Å². The molecule has 1 N–H and O–H groups in total. The minimum absolute atomic E-state index is 0.142. The van der Waals surface area contributed by atoms with Gasteiger partial charge < -0.3 is 0 Å². The Balaban J connectivity index is 1.73. The van der Waals surface area contributed by atoms with Crippen molar-refractivity contribution in [3.63, 3.8) is 0 Å². The van der Waals surface area contributed by atoms with Crippen LogP contribution in [0.4, 0.5) is 9.18 Å². The van der Waals surface area contributed by atoms with Crippen LogP contribution in [0.15, 0.2) is 24.3 Å². The summed E-state index contributed by atoms with van der Waals surface area (Å²) in [5.74, 6) is -1.25. The van der Waals surface area contributed by atoms with E-state index in [1.165, 1.54) is 12.1 Å². The first-order valence-electron chi connectivity index (χ1n) is 6.95. The predicted octanol–water partition coefficient (Wildman–Crippen LogP) is 1.62. The smallest absolute Gasteiger partial charge is 0.277 e. The molecule has 6 heteroatoms. The van der Waals surface area contributed by atoms with Crippen molar-refractivity contribution in [3.8, 4) is 0 Å². The lowest BCUT2D eigenvalue weighted by Crippen LogP contribution is -2.66. The highest BCUT2D eigenvalue weighted by atomic mass is 19.1. The standard InChI is InChI=1S/C15H15FN2O3/c16-11-4-1-3-10(9-11)5-8-18-13(20)15(6-2-7-15)12(19)17-14(18)21/h1,3-4,9H,2,5-8H2,(H,17,19,21). The summed E-state index contributed by atoms with van der Waals surface area (Å²) >= 11 is 0. The van der Waals surface area contributed by atoms with Crippen LogP contribution in [-0.4, -0.2) is 29.3 Å². The van der Waals surface area contributed by atoms with Crippen molar-refractivity contribution >= 4 is 17.8 Å². The molecule has 1 aromatic rings. The fraction of sp³-hybridized carbons (Fsp3) is 0.400. The highest BCUT2D eigenvalue weighted by molar-refractivity contribution is 6.19. The van der Waals surface area contributed by atoms with Crippen LogP contribution in [0, 0.1) is 11.2 Å². The van der Waals surface area contributed by atoms with Gasteiger partial charge in [-0.3, -0.25) is 19.8 Å². The van der Waals surface area contributed by atoms with Gasteiger partial charge in [-0.25, -0.2) is 9.18 Å². The van der Waals surface area contributed by atoms with Gasteiger partial charge in [0, 0.05) is 6.54 Å². The van der Waals surface area contributed by atoms with Crippen LogP contribution >= 0.6 is 0 Å². The molecule has 0 bridgehead atoms. The highest BCUT2D eigenvalue weighted by Gasteiger charge is 2.57. The number of carbonyl (C=O) groups excluding carboxylic acids is 3. The Labute approximate surface area is 121 Å². The molecule has 1 saturated heterocycles. The SMILES string of the molecule is O=C1NC(=O)C2(CCC2)C(=O)N1CCc1cccc(F)c1. The normalized spacial score (nSPS) is 20.4. The molecule has 0 radical (unpaired) electrons. The molecule has 2 aliphatic rings. The second-order valence-electron chi connectivity index (χ2n) is 5.53. The third-order valence-corrected chi connectivity index (χ3v) is 4.28. The zero-order chi connectivity index (χ0) is 15.0. The molecule has 5 nitrogen and oxygen atoms in total. The van der Waals surface area contributed by atoms with Gasteiger partial charge in [0.05, 0.1) is 0 Å². The van der Waals surface area contributed by atoms with Crippen LogP contribution < -0.4 is 5.32 Å². The number of hydrogen-bond donors (Lipinski definition) is 1. The highest BCUT2D eigenvalue weighted by Crippen LogP contribution is 2.44. The number of nitrogens with one attached hydrogen (secondary N) is 1. The molecule has 3 rings (SSSR count). The summed E-state index contributed by atoms with van der Waals surface area (Å²) in [5.41, 5.74) is -0.342. The molecule has 21 heavy (non-hydrogen) atoms. The predicted molar refractivity (Wildman–Crippen MR) is 71.6 cm³/mol. The zero-order valence-corrected chi connectivity index (χ0v) is 11.4. The van der Waals surface area contributed by atoms with Crippen molar-refractivity contribution in [1.29, 1.82) is 0 Å². The van der Waals surface area contributed by atoms with Gasteiger partial charge in [0.1, 0.15) is 11.2 Å². The number of nitrogens with zero attached hydrogens (tertiary/aromatic N) is 1. The first-order valence-corrected chi connectivity index (χ1v) is 6.95. The van der Waals surface area contributed by atoms with Crippen LogP contribution in [0.25, 0.3) is 0 Å². The number of urea groups is 1. The molecule has 1 aliphatic carbocycles. The van der Waals surface area contributed by atoms with Gasteiger partial charge in [0.15, 0.2) is 0 Å². The lowest BCUT2D eigenvalue weighted by atomic mass is 9.66. The molecule has 1 aromatic carbocycles. The fourth-order valence-electron chi connectivity index (χ4n) is 2.84. The van der Waals surface area contributed by atoms with Crippen molar-refractivity contribution in [2.24, 2.45) is 5.41 Å². The van der Waals surface area contributed by atoms with E-state index in [0.29, 0.717) is 24.8 Å². The van der Waals surface area contributed by atoms with Crippen molar-refractivity contribution in [3.05, 3.63) is 35.6 Å². The molecule has 0 atom stereocenters. The molecule has 1 spiro atoms. The van der Waals surface area contributed by atoms with Crippen molar-refractivity contribution in [1.82, 2.24) is 10.2 Å². The van der Waals surface area contributed by atoms with E-state index in [0.717, 1.165) is 11.3 Å². The van der Waals surface area contributed by atoms with Gasteiger partial charge in [-0.05, 0) is 37.0 Å². The number of rotatable bonds is 3. The molecule has 4 amide bonds. The minimum Gasteiger partial charge on any atom is -0.277 e. The third-order valence-electron chi connectivity index (χ3n) is 4.28. The molecule has 0 aromatic heterocycles. The Hall–Kier alpha value is -2.24. The quantitative estimate of drug-likeness (QED) is 0.860. The molecular formula is C15H15FN2O3. The van der Waals surface area contributed by atoms with Gasteiger partial charge in [-0.1, -0.05) is 18.6 Å². The summed E-state index contributed by atoms with van der Waals surface area (Å²) in [6.45, 7) is 0.142. The fourth-order valence-corrected chi connectivity index (χ4v) is 2.84. The Morgan fingerprint density at radius 2 is 2.00 bits per heavy atom. The number of benzene rings is 1. The monoisotopic (exact) mass is 290 g/mol. The number of amides is 4. The molecule has 1 aliphatic heterocycles. The van der Waals surface area contributed by atoms with Crippen LogP contribution in [0.3, 0.4) is 0 Å². The van der Waals surface area contributed by atoms with Crippen LogP contribution in [-0.2, 0) is 16.0 Å². The van der Waals surface area contributed by atoms with E-state index >= 15 is 0 Å². The summed E-state index contributed by atoms with van der Waals surface area (Å²) in [7, 11) is 0. The van der Waals surface area contributed by atoms with Gasteiger partial charge in [0.2, 0.25) is 11.8 Å². The molecule has 0 unspecified atom stereocenters. The van der Waals surface area contributed by atoms with E-state index in [2.05, 4.69) is 5.32 Å². The van der Waals surface area contributed by atoms with Gasteiger partial charge in [-0.2, -0.15) is 0 Å². The first kappa shape index (κ1) is 13.7. The van der Waals surface area contributed by atoms with Crippen molar-refractivity contribution in [2.75, 3.05) is 6.54 Å². The minimum atomic E-state index is -1.05. The third kappa shape index (κ3) is 2.20. The molecule has 110 valence electrons. The topological polar surface area (TPSA) is 66.5 Å². The molecular weight excluding hydrogens is 275 g/mol. The molecule has 1 heterocycles. The number of halogens is 1. The average molecular weight is 290 g/mol. The second-order valence-corrected chi connectivity index (χ2v) is 5.53. The Morgan fingerprint density at radius 1 is 1.24 bits per heavy atom. The van der Waals surface area contributed by atoms with E-state index in [-0.39, 0.29) is 12.4 Å². The van der Waals surface area contributed by atoms with Crippen LogP contribution in [0.1, 0.15) is 24.8 Å². The summed E-state index contributed by atoms with van der Waals surface area (Å²) in [6, 6.07) is 5.35. The Morgan fingerprint density at radius 3 is 2.62 bits per heavy atom. The second kappa shape index (κ2) is 4.95. The van der Waals surface area contributed by atoms with Crippen molar-refractivity contribution in [2.45, 2.75) is 25.7 Å². The van der Waals surface area contributed by atoms with Crippen molar-refractivity contribution < 1.29 is 18.8 Å². The Kier molecular flexibility index (Phi) is 3.23. The summed E-state index contributed by atoms with van der Waals surface area (Å²) in [4.78, 5) is 37.2. The maximum Gasteiger partial charge on any atom is 0.330 e. The van der Waals surface area contributed by atoms with E-state index in [9.17, 15) is 18.8 Å². The summed E-state index contributed by atoms with van der Waals surface area (Å²) in [5, 5.41) is 2.25. The molecule has 1 saturated carbocycles. The maximum atomic E-state index is 13.1. The summed E-state index contributed by atoms with van der Waals surface area (Å²) < 4.78 is 13.1. The van der Waals surface area contributed by atoms with E-state index in [1.807, 2.05) is 0 Å². The van der Waals surface area contributed by atoms with E-state index in [1.54, 1.807) is 12.1 Å². The number of carbonyl (C=O) groups is 3.